The molecule has 0 amide bonds. The SMILES string of the molecule is O=C(O)c1cc(I)ccc1OCCOc1ccc(Cl)cc1. The lowest BCUT2D eigenvalue weighted by Gasteiger charge is -2.10. The number of halogens is 2. The van der Waals surface area contributed by atoms with E-state index in [4.69, 9.17) is 26.2 Å². The second-order valence-electron chi connectivity index (χ2n) is 4.10. The minimum absolute atomic E-state index is 0.147. The summed E-state index contributed by atoms with van der Waals surface area (Å²) >= 11 is 7.83. The number of benzene rings is 2. The Bertz CT molecular complexity index is 628. The number of rotatable bonds is 6. The van der Waals surface area contributed by atoms with Gasteiger partial charge in [-0.15, -0.1) is 0 Å². The van der Waals surface area contributed by atoms with Gasteiger partial charge in [0.15, 0.2) is 0 Å². The van der Waals surface area contributed by atoms with Gasteiger partial charge in [-0.2, -0.15) is 0 Å². The predicted molar refractivity (Wildman–Crippen MR) is 88.6 cm³/mol. The highest BCUT2D eigenvalue weighted by molar-refractivity contribution is 14.1. The zero-order chi connectivity index (χ0) is 15.2. The molecular formula is C15H12ClIO4. The number of carbonyl (C=O) groups is 1. The molecule has 1 N–H and O–H groups in total. The van der Waals surface area contributed by atoms with Crippen LogP contribution in [0.15, 0.2) is 42.5 Å². The number of carboxylic acids is 1. The van der Waals surface area contributed by atoms with Crippen LogP contribution in [0.2, 0.25) is 5.02 Å². The Balaban J connectivity index is 1.89. The maximum atomic E-state index is 11.1. The molecule has 110 valence electrons. The predicted octanol–water partition coefficient (Wildman–Crippen LogP) is 4.10. The third-order valence-electron chi connectivity index (χ3n) is 2.60. The van der Waals surface area contributed by atoms with E-state index in [9.17, 15) is 4.79 Å². The molecule has 0 saturated heterocycles. The van der Waals surface area contributed by atoms with Crippen LogP contribution in [0, 0.1) is 3.57 Å². The summed E-state index contributed by atoms with van der Waals surface area (Å²) in [7, 11) is 0. The minimum Gasteiger partial charge on any atom is -0.490 e. The first kappa shape index (κ1) is 15.9. The Morgan fingerprint density at radius 2 is 1.76 bits per heavy atom. The van der Waals surface area contributed by atoms with Crippen LogP contribution in [-0.2, 0) is 0 Å². The fraction of sp³-hybridized carbons (Fsp3) is 0.133. The van der Waals surface area contributed by atoms with E-state index in [1.165, 1.54) is 0 Å². The van der Waals surface area contributed by atoms with E-state index in [1.54, 1.807) is 42.5 Å². The van der Waals surface area contributed by atoms with Gasteiger partial charge in [0, 0.05) is 8.59 Å². The van der Waals surface area contributed by atoms with Gasteiger partial charge in [0.1, 0.15) is 30.3 Å². The number of hydrogen-bond acceptors (Lipinski definition) is 3. The van der Waals surface area contributed by atoms with Gasteiger partial charge in [-0.25, -0.2) is 4.79 Å². The first-order chi connectivity index (χ1) is 10.1. The van der Waals surface area contributed by atoms with E-state index in [0.717, 1.165) is 3.57 Å². The zero-order valence-corrected chi connectivity index (χ0v) is 13.8. The molecule has 2 aromatic carbocycles. The molecule has 0 saturated carbocycles. The van der Waals surface area contributed by atoms with Crippen LogP contribution < -0.4 is 9.47 Å². The van der Waals surface area contributed by atoms with E-state index in [1.807, 2.05) is 0 Å². The van der Waals surface area contributed by atoms with Crippen LogP contribution in [0.4, 0.5) is 0 Å². The summed E-state index contributed by atoms with van der Waals surface area (Å²) in [5, 5.41) is 9.77. The summed E-state index contributed by atoms with van der Waals surface area (Å²) in [6.45, 7) is 0.566. The van der Waals surface area contributed by atoms with Gasteiger partial charge >= 0.3 is 5.97 Å². The molecule has 6 heteroatoms. The van der Waals surface area contributed by atoms with Crippen molar-refractivity contribution in [1.82, 2.24) is 0 Å². The Morgan fingerprint density at radius 3 is 2.43 bits per heavy atom. The van der Waals surface area contributed by atoms with Crippen LogP contribution in [-0.4, -0.2) is 24.3 Å². The van der Waals surface area contributed by atoms with Gasteiger partial charge in [0.2, 0.25) is 0 Å². The topological polar surface area (TPSA) is 55.8 Å². The van der Waals surface area contributed by atoms with Crippen molar-refractivity contribution >= 4 is 40.2 Å². The van der Waals surface area contributed by atoms with Gasteiger partial charge < -0.3 is 14.6 Å². The molecule has 0 radical (unpaired) electrons. The average Bonchev–Trinajstić information content (AvgIpc) is 2.46. The highest BCUT2D eigenvalue weighted by Gasteiger charge is 2.11. The van der Waals surface area contributed by atoms with Crippen molar-refractivity contribution in [1.29, 1.82) is 0 Å². The molecule has 0 bridgehead atoms. The molecule has 0 fully saturated rings. The maximum Gasteiger partial charge on any atom is 0.339 e. The smallest absolute Gasteiger partial charge is 0.339 e. The van der Waals surface area contributed by atoms with Crippen molar-refractivity contribution in [3.8, 4) is 11.5 Å². The molecule has 0 aliphatic rings. The molecule has 0 heterocycles. The standard InChI is InChI=1S/C15H12ClIO4/c16-10-1-4-12(5-2-10)20-7-8-21-14-6-3-11(17)9-13(14)15(18)19/h1-6,9H,7-8H2,(H,18,19). The maximum absolute atomic E-state index is 11.1. The summed E-state index contributed by atoms with van der Waals surface area (Å²) in [4.78, 5) is 11.1. The summed E-state index contributed by atoms with van der Waals surface area (Å²) in [5.41, 5.74) is 0.147. The lowest BCUT2D eigenvalue weighted by Crippen LogP contribution is -2.11. The molecule has 0 unspecified atom stereocenters. The number of ether oxygens (including phenoxy) is 2. The van der Waals surface area contributed by atoms with E-state index in [2.05, 4.69) is 22.6 Å². The van der Waals surface area contributed by atoms with Crippen LogP contribution in [0.5, 0.6) is 11.5 Å². The fourth-order valence-corrected chi connectivity index (χ4v) is 2.25. The Hall–Kier alpha value is -1.47. The summed E-state index contributed by atoms with van der Waals surface area (Å²) < 4.78 is 11.8. The molecule has 0 aromatic heterocycles. The molecule has 0 aliphatic carbocycles. The highest BCUT2D eigenvalue weighted by Crippen LogP contribution is 2.21. The normalized spacial score (nSPS) is 10.2. The van der Waals surface area contributed by atoms with Crippen LogP contribution in [0.3, 0.4) is 0 Å². The van der Waals surface area contributed by atoms with Crippen molar-refractivity contribution < 1.29 is 19.4 Å². The molecular weight excluding hydrogens is 407 g/mol. The van der Waals surface area contributed by atoms with Crippen molar-refractivity contribution in [2.75, 3.05) is 13.2 Å². The van der Waals surface area contributed by atoms with Gasteiger partial charge in [0.25, 0.3) is 0 Å². The van der Waals surface area contributed by atoms with Gasteiger partial charge in [-0.05, 0) is 65.1 Å². The Labute approximate surface area is 140 Å². The lowest BCUT2D eigenvalue weighted by molar-refractivity contribution is 0.0691. The van der Waals surface area contributed by atoms with Gasteiger partial charge in [-0.3, -0.25) is 0 Å². The van der Waals surface area contributed by atoms with Crippen molar-refractivity contribution in [2.24, 2.45) is 0 Å². The van der Waals surface area contributed by atoms with Gasteiger partial charge in [-0.1, -0.05) is 11.6 Å². The number of hydrogen-bond donors (Lipinski definition) is 1. The summed E-state index contributed by atoms with van der Waals surface area (Å²) in [6, 6.07) is 12.0. The number of carboxylic acid groups (broad SMARTS) is 1. The largest absolute Gasteiger partial charge is 0.490 e. The second-order valence-corrected chi connectivity index (χ2v) is 5.78. The first-order valence-corrected chi connectivity index (χ1v) is 7.56. The van der Waals surface area contributed by atoms with E-state index >= 15 is 0 Å². The molecule has 4 nitrogen and oxygen atoms in total. The van der Waals surface area contributed by atoms with E-state index in [-0.39, 0.29) is 12.2 Å². The lowest BCUT2D eigenvalue weighted by atomic mass is 10.2. The molecule has 0 spiro atoms. The zero-order valence-electron chi connectivity index (χ0n) is 10.9. The second kappa shape index (κ2) is 7.51. The Morgan fingerprint density at radius 1 is 1.10 bits per heavy atom. The minimum atomic E-state index is -1.01. The van der Waals surface area contributed by atoms with Crippen LogP contribution >= 0.6 is 34.2 Å². The highest BCUT2D eigenvalue weighted by atomic mass is 127. The molecule has 21 heavy (non-hydrogen) atoms. The molecule has 2 aromatic rings. The van der Waals surface area contributed by atoms with Crippen molar-refractivity contribution in [3.05, 3.63) is 56.6 Å². The third kappa shape index (κ3) is 4.78. The fourth-order valence-electron chi connectivity index (χ4n) is 1.64. The first-order valence-electron chi connectivity index (χ1n) is 6.10. The third-order valence-corrected chi connectivity index (χ3v) is 3.52. The average molecular weight is 419 g/mol. The summed E-state index contributed by atoms with van der Waals surface area (Å²) in [5.74, 6) is 0.00817. The quantitative estimate of drug-likeness (QED) is 0.567. The monoisotopic (exact) mass is 418 g/mol. The molecule has 2 rings (SSSR count). The van der Waals surface area contributed by atoms with E-state index in [0.29, 0.717) is 23.1 Å². The van der Waals surface area contributed by atoms with Crippen LogP contribution in [0.25, 0.3) is 0 Å². The van der Waals surface area contributed by atoms with Crippen LogP contribution in [0.1, 0.15) is 10.4 Å². The summed E-state index contributed by atoms with van der Waals surface area (Å²) in [6.07, 6.45) is 0. The van der Waals surface area contributed by atoms with E-state index < -0.39 is 5.97 Å². The van der Waals surface area contributed by atoms with Gasteiger partial charge in [0.05, 0.1) is 0 Å². The van der Waals surface area contributed by atoms with Crippen molar-refractivity contribution in [2.45, 2.75) is 0 Å². The van der Waals surface area contributed by atoms with Crippen molar-refractivity contribution in [3.63, 3.8) is 0 Å². The molecule has 0 aliphatic heterocycles. The Kier molecular flexibility index (Phi) is 5.69. The molecule has 0 atom stereocenters. The number of aromatic carboxylic acids is 1.